The van der Waals surface area contributed by atoms with Crippen LogP contribution in [-0.2, 0) is 4.79 Å². The fourth-order valence-corrected chi connectivity index (χ4v) is 3.84. The van der Waals surface area contributed by atoms with E-state index >= 15 is 0 Å². The van der Waals surface area contributed by atoms with Crippen LogP contribution in [0.2, 0.25) is 0 Å². The lowest BCUT2D eigenvalue weighted by Crippen LogP contribution is -2.19. The first-order chi connectivity index (χ1) is 15.4. The zero-order chi connectivity index (χ0) is 22.3. The van der Waals surface area contributed by atoms with E-state index < -0.39 is 0 Å². The maximum absolute atomic E-state index is 12.3. The quantitative estimate of drug-likeness (QED) is 0.352. The lowest BCUT2D eigenvalue weighted by Gasteiger charge is -2.17. The summed E-state index contributed by atoms with van der Waals surface area (Å²) in [7, 11) is 0. The second kappa shape index (κ2) is 7.60. The first kappa shape index (κ1) is 19.9. The van der Waals surface area contributed by atoms with E-state index in [0.29, 0.717) is 12.1 Å². The molecule has 0 bridgehead atoms. The number of rotatable bonds is 4. The lowest BCUT2D eigenvalue weighted by molar-refractivity contribution is -0.117. The van der Waals surface area contributed by atoms with Gasteiger partial charge in [0.25, 0.3) is 0 Å². The Kier molecular flexibility index (Phi) is 4.74. The van der Waals surface area contributed by atoms with Crippen molar-refractivity contribution in [2.45, 2.75) is 27.2 Å². The number of nitrogens with zero attached hydrogens (tertiary/aromatic N) is 3. The first-order valence-electron chi connectivity index (χ1n) is 10.5. The van der Waals surface area contributed by atoms with Gasteiger partial charge in [0.2, 0.25) is 5.91 Å². The number of H-pyrrole nitrogens is 2. The number of aromatic amines is 2. The van der Waals surface area contributed by atoms with Crippen LogP contribution >= 0.6 is 0 Å². The second-order valence-corrected chi connectivity index (χ2v) is 9.20. The van der Waals surface area contributed by atoms with Crippen LogP contribution in [-0.4, -0.2) is 31.1 Å². The molecule has 1 amide bonds. The molecule has 0 saturated carbocycles. The number of amides is 1. The number of fused-ring (bicyclic) bond motifs is 2. The van der Waals surface area contributed by atoms with E-state index in [0.717, 1.165) is 44.5 Å². The van der Waals surface area contributed by atoms with Crippen LogP contribution in [0.25, 0.3) is 44.5 Å². The molecule has 0 unspecified atom stereocenters. The van der Waals surface area contributed by atoms with Crippen molar-refractivity contribution in [2.24, 2.45) is 5.41 Å². The van der Waals surface area contributed by atoms with Crippen LogP contribution in [0.15, 0.2) is 61.1 Å². The minimum absolute atomic E-state index is 0.0172. The third-order valence-corrected chi connectivity index (χ3v) is 5.25. The summed E-state index contributed by atoms with van der Waals surface area (Å²) in [4.78, 5) is 24.5. The highest BCUT2D eigenvalue weighted by Gasteiger charge is 2.17. The van der Waals surface area contributed by atoms with Gasteiger partial charge in [-0.1, -0.05) is 26.8 Å². The minimum atomic E-state index is -0.0734. The van der Waals surface area contributed by atoms with Crippen molar-refractivity contribution >= 4 is 33.5 Å². The predicted octanol–water partition coefficient (Wildman–Crippen LogP) is 5.54. The van der Waals surface area contributed by atoms with Gasteiger partial charge in [-0.2, -0.15) is 5.10 Å². The maximum atomic E-state index is 12.3. The number of hydrogen-bond acceptors (Lipinski definition) is 4. The summed E-state index contributed by atoms with van der Waals surface area (Å²) in [6, 6.07) is 14.0. The van der Waals surface area contributed by atoms with Crippen molar-refractivity contribution < 1.29 is 4.79 Å². The van der Waals surface area contributed by atoms with Gasteiger partial charge < -0.3 is 10.3 Å². The molecule has 5 rings (SSSR count). The standard InChI is InChI=1S/C25H24N6O/c1-25(2,3)12-23(32)28-17-9-16(13-26-14-17)15-6-7-19-18(10-15)24(31-30-19)22-11-21-20(29-22)5-4-8-27-21/h4-11,13-14,29H,12H2,1-3H3,(H,28,32)(H,30,31). The van der Waals surface area contributed by atoms with Gasteiger partial charge >= 0.3 is 0 Å². The molecule has 0 aliphatic carbocycles. The zero-order valence-corrected chi connectivity index (χ0v) is 18.2. The second-order valence-electron chi connectivity index (χ2n) is 9.20. The summed E-state index contributed by atoms with van der Waals surface area (Å²) in [5.41, 5.74) is 7.08. The monoisotopic (exact) mass is 424 g/mol. The van der Waals surface area contributed by atoms with Gasteiger partial charge in [0, 0.05) is 29.8 Å². The number of carbonyl (C=O) groups is 1. The van der Waals surface area contributed by atoms with Crippen molar-refractivity contribution in [3.63, 3.8) is 0 Å². The number of carbonyl (C=O) groups excluding carboxylic acids is 1. The first-order valence-corrected chi connectivity index (χ1v) is 10.5. The predicted molar refractivity (Wildman–Crippen MR) is 127 cm³/mol. The third-order valence-electron chi connectivity index (χ3n) is 5.25. The Hall–Kier alpha value is -4.00. The van der Waals surface area contributed by atoms with E-state index in [4.69, 9.17) is 0 Å². The molecule has 4 aromatic heterocycles. The largest absolute Gasteiger partial charge is 0.352 e. The van der Waals surface area contributed by atoms with E-state index in [9.17, 15) is 4.79 Å². The van der Waals surface area contributed by atoms with Gasteiger partial charge in [-0.05, 0) is 47.4 Å². The molecule has 160 valence electrons. The Morgan fingerprint density at radius 3 is 2.72 bits per heavy atom. The van der Waals surface area contributed by atoms with Crippen LogP contribution in [0.3, 0.4) is 0 Å². The molecular weight excluding hydrogens is 400 g/mol. The number of benzene rings is 1. The van der Waals surface area contributed by atoms with Crippen molar-refractivity contribution in [1.29, 1.82) is 0 Å². The van der Waals surface area contributed by atoms with Gasteiger partial charge in [-0.25, -0.2) is 0 Å². The summed E-state index contributed by atoms with van der Waals surface area (Å²) in [5.74, 6) is -0.0172. The normalized spacial score (nSPS) is 11.8. The SMILES string of the molecule is CC(C)(C)CC(=O)Nc1cncc(-c2ccc3[nH]nc(-c4cc5ncccc5[nH]4)c3c2)c1. The van der Waals surface area contributed by atoms with E-state index in [1.807, 2.05) is 57.2 Å². The summed E-state index contributed by atoms with van der Waals surface area (Å²) in [6.45, 7) is 6.13. The molecule has 3 N–H and O–H groups in total. The molecule has 0 radical (unpaired) electrons. The molecule has 7 heteroatoms. The van der Waals surface area contributed by atoms with Gasteiger partial charge in [0.15, 0.2) is 0 Å². The average Bonchev–Trinajstić information content (AvgIpc) is 3.35. The molecule has 0 atom stereocenters. The summed E-state index contributed by atoms with van der Waals surface area (Å²) >= 11 is 0. The summed E-state index contributed by atoms with van der Waals surface area (Å²) < 4.78 is 0. The molecule has 4 heterocycles. The number of pyridine rings is 2. The van der Waals surface area contributed by atoms with Crippen LogP contribution in [0, 0.1) is 5.41 Å². The number of hydrogen-bond donors (Lipinski definition) is 3. The highest BCUT2D eigenvalue weighted by Crippen LogP contribution is 2.32. The van der Waals surface area contributed by atoms with Crippen LogP contribution in [0.1, 0.15) is 27.2 Å². The van der Waals surface area contributed by atoms with Gasteiger partial charge in [-0.3, -0.25) is 19.9 Å². The molecule has 0 aliphatic heterocycles. The Morgan fingerprint density at radius 2 is 1.91 bits per heavy atom. The van der Waals surface area contributed by atoms with Crippen LogP contribution in [0.4, 0.5) is 5.69 Å². The van der Waals surface area contributed by atoms with Crippen LogP contribution < -0.4 is 5.32 Å². The van der Waals surface area contributed by atoms with Crippen molar-refractivity contribution in [3.8, 4) is 22.5 Å². The summed E-state index contributed by atoms with van der Waals surface area (Å²) in [6.07, 6.45) is 5.69. The molecule has 32 heavy (non-hydrogen) atoms. The number of aromatic nitrogens is 5. The topological polar surface area (TPSA) is 99.3 Å². The fourth-order valence-electron chi connectivity index (χ4n) is 3.84. The third kappa shape index (κ3) is 3.97. The molecule has 0 saturated heterocycles. The Morgan fingerprint density at radius 1 is 1.03 bits per heavy atom. The van der Waals surface area contributed by atoms with Crippen LogP contribution in [0.5, 0.6) is 0 Å². The van der Waals surface area contributed by atoms with Gasteiger partial charge in [0.1, 0.15) is 5.69 Å². The van der Waals surface area contributed by atoms with E-state index in [1.165, 1.54) is 0 Å². The highest BCUT2D eigenvalue weighted by molar-refractivity contribution is 5.97. The molecule has 0 spiro atoms. The smallest absolute Gasteiger partial charge is 0.224 e. The van der Waals surface area contributed by atoms with Gasteiger partial charge in [-0.15, -0.1) is 0 Å². The van der Waals surface area contributed by atoms with E-state index in [-0.39, 0.29) is 11.3 Å². The Labute approximate surface area is 185 Å². The average molecular weight is 425 g/mol. The van der Waals surface area contributed by atoms with Gasteiger partial charge in [0.05, 0.1) is 34.1 Å². The molecule has 5 aromatic rings. The van der Waals surface area contributed by atoms with E-state index in [1.54, 1.807) is 18.6 Å². The van der Waals surface area contributed by atoms with Crippen molar-refractivity contribution in [3.05, 3.63) is 61.1 Å². The number of anilines is 1. The lowest BCUT2D eigenvalue weighted by atomic mass is 9.92. The molecule has 1 aromatic carbocycles. The highest BCUT2D eigenvalue weighted by atomic mass is 16.1. The molecule has 0 aliphatic rings. The summed E-state index contributed by atoms with van der Waals surface area (Å²) in [5, 5.41) is 11.6. The number of nitrogens with one attached hydrogen (secondary N) is 3. The Balaban J connectivity index is 1.49. The van der Waals surface area contributed by atoms with E-state index in [2.05, 4.69) is 36.5 Å². The molecule has 0 fully saturated rings. The van der Waals surface area contributed by atoms with Crippen molar-refractivity contribution in [2.75, 3.05) is 5.32 Å². The Bertz CT molecular complexity index is 1410. The zero-order valence-electron chi connectivity index (χ0n) is 18.2. The van der Waals surface area contributed by atoms with Crippen molar-refractivity contribution in [1.82, 2.24) is 25.1 Å². The minimum Gasteiger partial charge on any atom is -0.352 e. The molecule has 7 nitrogen and oxygen atoms in total. The maximum Gasteiger partial charge on any atom is 0.224 e. The molecular formula is C25H24N6O. The fraction of sp³-hybridized carbons (Fsp3) is 0.200.